The molecule has 0 atom stereocenters. The zero-order chi connectivity index (χ0) is 21.0. The summed E-state index contributed by atoms with van der Waals surface area (Å²) >= 11 is 0. The van der Waals surface area contributed by atoms with Crippen molar-refractivity contribution >= 4 is 17.3 Å². The number of aromatic nitrogens is 2. The van der Waals surface area contributed by atoms with Crippen LogP contribution in [0.4, 0.5) is 24.5 Å². The minimum Gasteiger partial charge on any atom is -0.484 e. The van der Waals surface area contributed by atoms with Crippen molar-refractivity contribution in [1.29, 1.82) is 0 Å². The maximum Gasteiger partial charge on any atom is 0.422 e. The topological polar surface area (TPSA) is 99.3 Å². The summed E-state index contributed by atoms with van der Waals surface area (Å²) in [5.74, 6) is -0.750. The van der Waals surface area contributed by atoms with E-state index in [0.717, 1.165) is 6.07 Å². The SMILES string of the molecule is O=C(Nc1cccc(OCC(F)(F)F)c1)c1ccc(-n2ccnc2)c([N+](=O)[O-])c1. The monoisotopic (exact) mass is 406 g/mol. The molecule has 0 bridgehead atoms. The molecule has 0 radical (unpaired) electrons. The van der Waals surface area contributed by atoms with Crippen LogP contribution < -0.4 is 10.1 Å². The maximum absolute atomic E-state index is 12.4. The lowest BCUT2D eigenvalue weighted by Gasteiger charge is -2.11. The Balaban J connectivity index is 1.79. The number of anilines is 1. The van der Waals surface area contributed by atoms with E-state index >= 15 is 0 Å². The Hall–Kier alpha value is -3.89. The van der Waals surface area contributed by atoms with Gasteiger partial charge in [0.1, 0.15) is 11.4 Å². The molecule has 1 aromatic heterocycles. The average molecular weight is 406 g/mol. The fourth-order valence-corrected chi connectivity index (χ4v) is 2.46. The van der Waals surface area contributed by atoms with E-state index in [1.165, 1.54) is 59.7 Å². The van der Waals surface area contributed by atoms with Gasteiger partial charge < -0.3 is 14.6 Å². The van der Waals surface area contributed by atoms with Crippen LogP contribution in [0.2, 0.25) is 0 Å². The minimum atomic E-state index is -4.49. The van der Waals surface area contributed by atoms with Crippen LogP contribution in [-0.2, 0) is 0 Å². The Morgan fingerprint density at radius 2 is 2.03 bits per heavy atom. The number of amides is 1. The van der Waals surface area contributed by atoms with Crippen molar-refractivity contribution in [1.82, 2.24) is 9.55 Å². The third-order valence-corrected chi connectivity index (χ3v) is 3.71. The molecule has 0 saturated carbocycles. The molecule has 0 fully saturated rings. The molecule has 0 saturated heterocycles. The van der Waals surface area contributed by atoms with Crippen molar-refractivity contribution in [3.05, 3.63) is 76.9 Å². The standard InChI is InChI=1S/C18H13F3N4O4/c19-18(20,21)10-29-14-3-1-2-13(9-14)23-17(26)12-4-5-15(16(8-12)25(27)28)24-7-6-22-11-24/h1-9,11H,10H2,(H,23,26). The summed E-state index contributed by atoms with van der Waals surface area (Å²) in [6.45, 7) is -1.47. The summed E-state index contributed by atoms with van der Waals surface area (Å²) < 4.78 is 42.8. The molecule has 1 amide bonds. The number of benzene rings is 2. The van der Waals surface area contributed by atoms with E-state index in [0.29, 0.717) is 0 Å². The molecule has 2 aromatic carbocycles. The Kier molecular flexibility index (Phi) is 5.48. The van der Waals surface area contributed by atoms with E-state index < -0.39 is 23.6 Å². The number of nitrogens with zero attached hydrogens (tertiary/aromatic N) is 3. The van der Waals surface area contributed by atoms with E-state index in [4.69, 9.17) is 0 Å². The summed E-state index contributed by atoms with van der Waals surface area (Å²) in [7, 11) is 0. The number of carbonyl (C=O) groups excluding carboxylic acids is 1. The fourth-order valence-electron chi connectivity index (χ4n) is 2.46. The second-order valence-corrected chi connectivity index (χ2v) is 5.82. The lowest BCUT2D eigenvalue weighted by molar-refractivity contribution is -0.384. The highest BCUT2D eigenvalue weighted by Gasteiger charge is 2.28. The molecular weight excluding hydrogens is 393 g/mol. The third-order valence-electron chi connectivity index (χ3n) is 3.71. The second kappa shape index (κ2) is 8.00. The highest BCUT2D eigenvalue weighted by Crippen LogP contribution is 2.26. The van der Waals surface area contributed by atoms with Crippen molar-refractivity contribution in [2.24, 2.45) is 0 Å². The van der Waals surface area contributed by atoms with Crippen molar-refractivity contribution in [2.45, 2.75) is 6.18 Å². The van der Waals surface area contributed by atoms with Gasteiger partial charge in [-0.1, -0.05) is 6.07 Å². The Morgan fingerprint density at radius 3 is 2.69 bits per heavy atom. The van der Waals surface area contributed by atoms with Crippen molar-refractivity contribution < 1.29 is 27.6 Å². The summed E-state index contributed by atoms with van der Waals surface area (Å²) in [4.78, 5) is 27.0. The number of ether oxygens (including phenoxy) is 1. The number of nitro benzene ring substituents is 1. The molecule has 150 valence electrons. The number of imidazole rings is 1. The van der Waals surface area contributed by atoms with E-state index in [1.807, 2.05) is 0 Å². The quantitative estimate of drug-likeness (QED) is 0.493. The van der Waals surface area contributed by atoms with Crippen LogP contribution in [0.15, 0.2) is 61.2 Å². The predicted molar refractivity (Wildman–Crippen MR) is 96.2 cm³/mol. The van der Waals surface area contributed by atoms with Crippen LogP contribution in [0, 0.1) is 10.1 Å². The molecule has 0 unspecified atom stereocenters. The smallest absolute Gasteiger partial charge is 0.422 e. The maximum atomic E-state index is 12.4. The van der Waals surface area contributed by atoms with Gasteiger partial charge in [-0.3, -0.25) is 14.9 Å². The molecule has 11 heteroatoms. The van der Waals surface area contributed by atoms with Crippen LogP contribution in [0.1, 0.15) is 10.4 Å². The van der Waals surface area contributed by atoms with E-state index in [-0.39, 0.29) is 28.4 Å². The zero-order valence-corrected chi connectivity index (χ0v) is 14.6. The second-order valence-electron chi connectivity index (χ2n) is 5.82. The van der Waals surface area contributed by atoms with Gasteiger partial charge in [-0.15, -0.1) is 0 Å². The molecule has 3 rings (SSSR count). The van der Waals surface area contributed by atoms with Gasteiger partial charge in [0, 0.05) is 35.8 Å². The highest BCUT2D eigenvalue weighted by molar-refractivity contribution is 6.05. The zero-order valence-electron chi connectivity index (χ0n) is 14.6. The van der Waals surface area contributed by atoms with E-state index in [1.54, 1.807) is 0 Å². The molecule has 0 aliphatic rings. The number of halogens is 3. The van der Waals surface area contributed by atoms with Gasteiger partial charge >= 0.3 is 6.18 Å². The lowest BCUT2D eigenvalue weighted by Crippen LogP contribution is -2.19. The van der Waals surface area contributed by atoms with Gasteiger partial charge in [0.25, 0.3) is 11.6 Å². The van der Waals surface area contributed by atoms with Crippen molar-refractivity contribution in [3.63, 3.8) is 0 Å². The number of hydrogen-bond donors (Lipinski definition) is 1. The fraction of sp³-hybridized carbons (Fsp3) is 0.111. The number of hydrogen-bond acceptors (Lipinski definition) is 5. The molecule has 0 spiro atoms. The van der Waals surface area contributed by atoms with Gasteiger partial charge in [-0.2, -0.15) is 13.2 Å². The van der Waals surface area contributed by atoms with Crippen molar-refractivity contribution in [2.75, 3.05) is 11.9 Å². The molecule has 1 heterocycles. The molecule has 0 aliphatic heterocycles. The van der Waals surface area contributed by atoms with Crippen LogP contribution >= 0.6 is 0 Å². The van der Waals surface area contributed by atoms with Gasteiger partial charge in [-0.05, 0) is 24.3 Å². The van der Waals surface area contributed by atoms with Crippen LogP contribution in [-0.4, -0.2) is 33.2 Å². The number of carbonyl (C=O) groups is 1. The van der Waals surface area contributed by atoms with Gasteiger partial charge in [0.05, 0.1) is 11.3 Å². The first-order chi connectivity index (χ1) is 13.7. The summed E-state index contributed by atoms with van der Waals surface area (Å²) in [5.41, 5.74) is 0.0997. The molecule has 8 nitrogen and oxygen atoms in total. The molecule has 3 aromatic rings. The number of nitro groups is 1. The average Bonchev–Trinajstić information content (AvgIpc) is 3.20. The first-order valence-electron chi connectivity index (χ1n) is 8.11. The predicted octanol–water partition coefficient (Wildman–Crippen LogP) is 3.97. The molecule has 29 heavy (non-hydrogen) atoms. The number of alkyl halides is 3. The van der Waals surface area contributed by atoms with Crippen LogP contribution in [0.5, 0.6) is 5.75 Å². The third kappa shape index (κ3) is 5.09. The highest BCUT2D eigenvalue weighted by atomic mass is 19.4. The largest absolute Gasteiger partial charge is 0.484 e. The summed E-state index contributed by atoms with van der Waals surface area (Å²) in [6.07, 6.45) is -0.129. The van der Waals surface area contributed by atoms with Gasteiger partial charge in [-0.25, -0.2) is 4.98 Å². The van der Waals surface area contributed by atoms with Gasteiger partial charge in [0.2, 0.25) is 0 Å². The first kappa shape index (κ1) is 19.9. The Morgan fingerprint density at radius 1 is 1.24 bits per heavy atom. The first-order valence-corrected chi connectivity index (χ1v) is 8.11. The van der Waals surface area contributed by atoms with Crippen LogP contribution in [0.3, 0.4) is 0 Å². The number of nitrogens with one attached hydrogen (secondary N) is 1. The minimum absolute atomic E-state index is 0.00202. The lowest BCUT2D eigenvalue weighted by atomic mass is 10.1. The van der Waals surface area contributed by atoms with E-state index in [9.17, 15) is 28.1 Å². The summed E-state index contributed by atoms with van der Waals surface area (Å²) in [6, 6.07) is 9.29. The van der Waals surface area contributed by atoms with Crippen molar-refractivity contribution in [3.8, 4) is 11.4 Å². The van der Waals surface area contributed by atoms with Crippen LogP contribution in [0.25, 0.3) is 5.69 Å². The summed E-state index contributed by atoms with van der Waals surface area (Å²) in [5, 5.41) is 13.9. The molecular formula is C18H13F3N4O4. The Labute approximate surface area is 161 Å². The molecule has 1 N–H and O–H groups in total. The van der Waals surface area contributed by atoms with E-state index in [2.05, 4.69) is 15.0 Å². The molecule has 0 aliphatic carbocycles. The van der Waals surface area contributed by atoms with Gasteiger partial charge in [0.15, 0.2) is 6.61 Å². The normalized spacial score (nSPS) is 11.1. The number of rotatable bonds is 6. The Bertz CT molecular complexity index is 1040.